The van der Waals surface area contributed by atoms with Crippen molar-refractivity contribution in [3.8, 4) is 0 Å². The fourth-order valence-corrected chi connectivity index (χ4v) is 10.6. The van der Waals surface area contributed by atoms with Crippen molar-refractivity contribution in [3.05, 3.63) is 76.0 Å². The predicted octanol–water partition coefficient (Wildman–Crippen LogP) is 7.57. The van der Waals surface area contributed by atoms with Gasteiger partial charge in [-0.1, -0.05) is 92.7 Å². The van der Waals surface area contributed by atoms with Crippen molar-refractivity contribution in [2.24, 2.45) is 17.3 Å². The number of likely N-dealkylation sites (tertiary alicyclic amines) is 1. The lowest BCUT2D eigenvalue weighted by molar-refractivity contribution is -0.149. The van der Waals surface area contributed by atoms with Crippen LogP contribution in [0.2, 0.25) is 0 Å². The molecule has 1 aliphatic heterocycles. The molecule has 1 saturated heterocycles. The second-order valence-electron chi connectivity index (χ2n) is 19.3. The number of ether oxygens (including phenoxy) is 1. The molecule has 2 heterocycles. The molecule has 0 radical (unpaired) electrons. The van der Waals surface area contributed by atoms with Gasteiger partial charge in [0, 0.05) is 48.5 Å². The van der Waals surface area contributed by atoms with Crippen molar-refractivity contribution >= 4 is 56.6 Å². The minimum Gasteiger partial charge on any atom is -0.455 e. The molecule has 1 aromatic heterocycles. The number of sulfonamides is 1. The zero-order chi connectivity index (χ0) is 50.3. The molecule has 6 atom stereocenters. The first-order valence-electron chi connectivity index (χ1n) is 24.0. The number of unbranched alkanes of at least 4 members (excludes halogenated alkanes) is 3. The number of likely N-dealkylation sites (N-methyl/N-ethyl adjacent to an activating group) is 1. The van der Waals surface area contributed by atoms with E-state index in [9.17, 15) is 36.8 Å². The normalized spacial score (nSPS) is 16.8. The maximum atomic E-state index is 15.0. The van der Waals surface area contributed by atoms with Crippen molar-refractivity contribution in [1.82, 2.24) is 30.1 Å². The zero-order valence-corrected chi connectivity index (χ0v) is 42.9. The number of rotatable bonds is 25. The molecule has 4 rings (SSSR count). The molecule has 1 aliphatic rings. The number of hydrogen-bond donors (Lipinski definition) is 4. The Balaban J connectivity index is 1.62. The van der Waals surface area contributed by atoms with Crippen LogP contribution in [-0.4, -0.2) is 97.1 Å². The first-order chi connectivity index (χ1) is 32.1. The van der Waals surface area contributed by atoms with Crippen molar-refractivity contribution in [3.63, 3.8) is 0 Å². The van der Waals surface area contributed by atoms with Gasteiger partial charge in [0.2, 0.25) is 17.7 Å². The first kappa shape index (κ1) is 55.7. The molecule has 0 bridgehead atoms. The summed E-state index contributed by atoms with van der Waals surface area (Å²) in [6.45, 7) is 15.8. The van der Waals surface area contributed by atoms with Crippen LogP contribution in [0.4, 0.5) is 10.1 Å². The number of nitrogens with one attached hydrogen (secondary N) is 3. The number of carbonyl (C=O) groups is 5. The minimum atomic E-state index is -4.26. The highest BCUT2D eigenvalue weighted by Gasteiger charge is 2.39. The monoisotopic (exact) mass is 984 g/mol. The fraction of sp³-hybridized carbons (Fsp3) is 0.600. The lowest BCUT2D eigenvalue weighted by Gasteiger charge is -2.40. The van der Waals surface area contributed by atoms with Gasteiger partial charge in [0.15, 0.2) is 6.10 Å². The number of hydrogen-bond acceptors (Lipinski definition) is 12. The van der Waals surface area contributed by atoms with Gasteiger partial charge in [-0.15, -0.1) is 11.3 Å². The summed E-state index contributed by atoms with van der Waals surface area (Å²) in [7, 11) is -2.32. The summed E-state index contributed by atoms with van der Waals surface area (Å²) in [5, 5.41) is 8.01. The second-order valence-corrected chi connectivity index (χ2v) is 21.8. The number of amides is 4. The van der Waals surface area contributed by atoms with Gasteiger partial charge in [0.1, 0.15) is 22.6 Å². The average molecular weight is 984 g/mol. The summed E-state index contributed by atoms with van der Waals surface area (Å²) >= 11 is 1.13. The van der Waals surface area contributed by atoms with Crippen LogP contribution >= 0.6 is 11.3 Å². The number of nitrogens with two attached hydrogens (primary N) is 1. The van der Waals surface area contributed by atoms with Gasteiger partial charge in [0.25, 0.3) is 15.9 Å². The standard InChI is InChI=1S/C50H74FN7O8S2/c1-10-12-13-15-27-58(48(62)44(33(5)11-2)55-46(61)41-17-14-16-26-57(41)9)42(32(3)4)29-43(66-34(6)59)47-54-40(31-67-47)45(60)53-38(28-35-18-20-36(51)21-19-35)30-50(7,8)49(63)56-68(64,65)39-24-22-37(52)23-25-39/h18-25,31-33,38,41-44H,10-17,26-30,52H2,1-9H3,(H,53,60)(H,55,61)(H,56,63)/t33-,38-,41+,42+,43+,44-/m0/s1. The number of benzene rings is 2. The topological polar surface area (TPSA) is 210 Å². The molecule has 68 heavy (non-hydrogen) atoms. The van der Waals surface area contributed by atoms with Crippen molar-refractivity contribution in [2.75, 3.05) is 25.9 Å². The van der Waals surface area contributed by atoms with Gasteiger partial charge in [-0.05, 0) is 99.5 Å². The molecule has 0 aliphatic carbocycles. The SMILES string of the molecule is CCCCCCN(C(=O)[C@@H](NC(=O)[C@H]1CCCCN1C)[C@@H](C)CC)[C@H](C[C@@H](OC(C)=O)c1nc(C(=O)N[C@@H](Cc2ccc(F)cc2)CC(C)(C)C(=O)NS(=O)(=O)c2ccc(N)cc2)cs1)C(C)C. The molecule has 0 spiro atoms. The van der Waals surface area contributed by atoms with E-state index >= 15 is 0 Å². The van der Waals surface area contributed by atoms with Crippen LogP contribution in [0.15, 0.2) is 58.8 Å². The van der Waals surface area contributed by atoms with Gasteiger partial charge in [-0.2, -0.15) is 0 Å². The molecule has 3 aromatic rings. The van der Waals surface area contributed by atoms with Crippen LogP contribution in [0.3, 0.4) is 0 Å². The van der Waals surface area contributed by atoms with E-state index in [1.54, 1.807) is 31.4 Å². The van der Waals surface area contributed by atoms with Crippen molar-refractivity contribution < 1.29 is 41.5 Å². The summed E-state index contributed by atoms with van der Waals surface area (Å²) in [5.41, 5.74) is 5.40. The molecule has 15 nitrogen and oxygen atoms in total. The van der Waals surface area contributed by atoms with E-state index in [0.29, 0.717) is 29.2 Å². The van der Waals surface area contributed by atoms with Crippen LogP contribution in [0.25, 0.3) is 0 Å². The largest absolute Gasteiger partial charge is 0.455 e. The third kappa shape index (κ3) is 16.1. The van der Waals surface area contributed by atoms with Crippen LogP contribution in [-0.2, 0) is 40.4 Å². The minimum absolute atomic E-state index is 0.0141. The fourth-order valence-electron chi connectivity index (χ4n) is 8.60. The Morgan fingerprint density at radius 3 is 2.26 bits per heavy atom. The molecule has 376 valence electrons. The van der Waals surface area contributed by atoms with E-state index < -0.39 is 63.3 Å². The molecular weight excluding hydrogens is 910 g/mol. The molecular formula is C50H74FN7O8S2. The van der Waals surface area contributed by atoms with Gasteiger partial charge >= 0.3 is 5.97 Å². The van der Waals surface area contributed by atoms with Gasteiger partial charge in [0.05, 0.1) is 10.9 Å². The highest BCUT2D eigenvalue weighted by molar-refractivity contribution is 7.90. The summed E-state index contributed by atoms with van der Waals surface area (Å²) < 4.78 is 48.3. The van der Waals surface area contributed by atoms with E-state index in [2.05, 4.69) is 27.3 Å². The quantitative estimate of drug-likeness (QED) is 0.0370. The van der Waals surface area contributed by atoms with Gasteiger partial charge in [-0.25, -0.2) is 22.5 Å². The Kier molecular flexibility index (Phi) is 21.0. The summed E-state index contributed by atoms with van der Waals surface area (Å²) in [4.78, 5) is 77.7. The molecule has 0 saturated carbocycles. The number of nitrogens with zero attached hydrogens (tertiary/aromatic N) is 3. The molecule has 18 heteroatoms. The Morgan fingerprint density at radius 1 is 0.985 bits per heavy atom. The lowest BCUT2D eigenvalue weighted by atomic mass is 9.83. The molecule has 1 fully saturated rings. The maximum Gasteiger partial charge on any atom is 0.303 e. The maximum absolute atomic E-state index is 15.0. The third-order valence-electron chi connectivity index (χ3n) is 12.9. The summed E-state index contributed by atoms with van der Waals surface area (Å²) in [6, 6.07) is 8.80. The lowest BCUT2D eigenvalue weighted by Crippen LogP contribution is -2.59. The van der Waals surface area contributed by atoms with E-state index in [0.717, 1.165) is 62.8 Å². The summed E-state index contributed by atoms with van der Waals surface area (Å²) in [6.07, 6.45) is 6.36. The highest BCUT2D eigenvalue weighted by atomic mass is 32.2. The van der Waals surface area contributed by atoms with Gasteiger partial charge < -0.3 is 26.0 Å². The number of nitrogen functional groups attached to an aromatic ring is 1. The third-order valence-corrected chi connectivity index (χ3v) is 15.2. The molecule has 0 unspecified atom stereocenters. The number of carbonyl (C=O) groups excluding carboxylic acids is 5. The van der Waals surface area contributed by atoms with E-state index in [1.165, 1.54) is 43.3 Å². The number of anilines is 1. The van der Waals surface area contributed by atoms with Crippen LogP contribution in [0.5, 0.6) is 0 Å². The van der Waals surface area contributed by atoms with Crippen LogP contribution < -0.4 is 21.1 Å². The second kappa shape index (κ2) is 25.6. The van der Waals surface area contributed by atoms with Crippen LogP contribution in [0, 0.1) is 23.1 Å². The van der Waals surface area contributed by atoms with E-state index in [1.807, 2.05) is 44.5 Å². The van der Waals surface area contributed by atoms with Crippen molar-refractivity contribution in [1.29, 1.82) is 0 Å². The van der Waals surface area contributed by atoms with Gasteiger partial charge in [-0.3, -0.25) is 28.9 Å². The number of esters is 1. The zero-order valence-electron chi connectivity index (χ0n) is 41.3. The Hall–Kier alpha value is -4.94. The number of piperidine rings is 1. The molecule has 4 amide bonds. The summed E-state index contributed by atoms with van der Waals surface area (Å²) in [5.74, 6) is -3.04. The van der Waals surface area contributed by atoms with E-state index in [-0.39, 0.29) is 59.5 Å². The smallest absolute Gasteiger partial charge is 0.303 e. The van der Waals surface area contributed by atoms with E-state index in [4.69, 9.17) is 10.5 Å². The predicted molar refractivity (Wildman–Crippen MR) is 263 cm³/mol. The molecule has 5 N–H and O–H groups in total. The average Bonchev–Trinajstić information content (AvgIpc) is 3.78. The molecule has 2 aromatic carbocycles. The highest BCUT2D eigenvalue weighted by Crippen LogP contribution is 2.33. The Labute approximate surface area is 407 Å². The Morgan fingerprint density at radius 2 is 1.66 bits per heavy atom. The number of thiazole rings is 1. The van der Waals surface area contributed by atoms with Crippen LogP contribution in [0.1, 0.15) is 147 Å². The Bertz CT molecular complexity index is 2250. The number of aromatic nitrogens is 1. The number of halogens is 1. The van der Waals surface area contributed by atoms with Crippen molar-refractivity contribution in [2.45, 2.75) is 161 Å². The first-order valence-corrected chi connectivity index (χ1v) is 26.3.